The third-order valence-corrected chi connectivity index (χ3v) is 3.32. The predicted octanol–water partition coefficient (Wildman–Crippen LogP) is 3.09. The van der Waals surface area contributed by atoms with Gasteiger partial charge in [-0.15, -0.1) is 0 Å². The molecule has 0 saturated carbocycles. The SMILES string of the molecule is CC(CCC(=O)O)CNC(=O)c1cc(Cl)nc(C(C)C)c1. The molecule has 21 heavy (non-hydrogen) atoms. The number of carboxylic acid groups (broad SMARTS) is 1. The van der Waals surface area contributed by atoms with Gasteiger partial charge in [0.25, 0.3) is 5.91 Å². The van der Waals surface area contributed by atoms with E-state index < -0.39 is 5.97 Å². The molecule has 0 aliphatic rings. The minimum atomic E-state index is -0.823. The van der Waals surface area contributed by atoms with Crippen molar-refractivity contribution >= 4 is 23.5 Å². The summed E-state index contributed by atoms with van der Waals surface area (Å²) in [7, 11) is 0. The third kappa shape index (κ3) is 6.12. The maximum absolute atomic E-state index is 12.1. The Morgan fingerprint density at radius 2 is 2.00 bits per heavy atom. The first-order valence-electron chi connectivity index (χ1n) is 6.97. The molecule has 0 aromatic carbocycles. The Kier molecular flexibility index (Phi) is 6.62. The highest BCUT2D eigenvalue weighted by atomic mass is 35.5. The molecule has 5 nitrogen and oxygen atoms in total. The van der Waals surface area contributed by atoms with E-state index >= 15 is 0 Å². The van der Waals surface area contributed by atoms with E-state index in [1.54, 1.807) is 6.07 Å². The van der Waals surface area contributed by atoms with Crippen molar-refractivity contribution in [3.63, 3.8) is 0 Å². The largest absolute Gasteiger partial charge is 0.481 e. The zero-order chi connectivity index (χ0) is 16.0. The van der Waals surface area contributed by atoms with Crippen LogP contribution in [-0.4, -0.2) is 28.5 Å². The lowest BCUT2D eigenvalue weighted by atomic mass is 10.0. The summed E-state index contributed by atoms with van der Waals surface area (Å²) < 4.78 is 0. The lowest BCUT2D eigenvalue weighted by Crippen LogP contribution is -2.28. The van der Waals surface area contributed by atoms with Gasteiger partial charge in [0.2, 0.25) is 0 Å². The molecular formula is C15H21ClN2O3. The summed E-state index contributed by atoms with van der Waals surface area (Å²) in [4.78, 5) is 26.8. The van der Waals surface area contributed by atoms with Crippen molar-refractivity contribution in [2.24, 2.45) is 5.92 Å². The van der Waals surface area contributed by atoms with Gasteiger partial charge in [-0.1, -0.05) is 32.4 Å². The molecule has 1 amide bonds. The van der Waals surface area contributed by atoms with Gasteiger partial charge < -0.3 is 10.4 Å². The highest BCUT2D eigenvalue weighted by Gasteiger charge is 2.12. The Hall–Kier alpha value is -1.62. The number of aromatic nitrogens is 1. The number of rotatable bonds is 7. The fourth-order valence-corrected chi connectivity index (χ4v) is 2.00. The van der Waals surface area contributed by atoms with Crippen LogP contribution in [0.5, 0.6) is 0 Å². The van der Waals surface area contributed by atoms with Crippen LogP contribution in [0.25, 0.3) is 0 Å². The second kappa shape index (κ2) is 7.98. The smallest absolute Gasteiger partial charge is 0.303 e. The van der Waals surface area contributed by atoms with Crippen molar-refractivity contribution < 1.29 is 14.7 Å². The molecule has 0 radical (unpaired) electrons. The molecular weight excluding hydrogens is 292 g/mol. The summed E-state index contributed by atoms with van der Waals surface area (Å²) in [6.45, 7) is 6.30. The molecule has 2 N–H and O–H groups in total. The Morgan fingerprint density at radius 3 is 2.57 bits per heavy atom. The quantitative estimate of drug-likeness (QED) is 0.758. The van der Waals surface area contributed by atoms with E-state index in [1.807, 2.05) is 20.8 Å². The molecule has 1 heterocycles. The number of carboxylic acids is 1. The molecule has 0 aliphatic heterocycles. The number of hydrogen-bond donors (Lipinski definition) is 2. The fourth-order valence-electron chi connectivity index (χ4n) is 1.78. The van der Waals surface area contributed by atoms with Crippen molar-refractivity contribution in [1.82, 2.24) is 10.3 Å². The summed E-state index contributed by atoms with van der Waals surface area (Å²) in [5.74, 6) is -0.754. The molecule has 1 aromatic heterocycles. The second-order valence-corrected chi connectivity index (χ2v) is 5.89. The average Bonchev–Trinajstić information content (AvgIpc) is 2.41. The van der Waals surface area contributed by atoms with Crippen LogP contribution in [0.4, 0.5) is 0 Å². The molecule has 1 atom stereocenters. The summed E-state index contributed by atoms with van der Waals surface area (Å²) in [6.07, 6.45) is 0.638. The number of carbonyl (C=O) groups excluding carboxylic acids is 1. The van der Waals surface area contributed by atoms with Crippen LogP contribution >= 0.6 is 11.6 Å². The van der Waals surface area contributed by atoms with E-state index in [2.05, 4.69) is 10.3 Å². The van der Waals surface area contributed by atoms with Gasteiger partial charge in [0.1, 0.15) is 5.15 Å². The Balaban J connectivity index is 2.61. The van der Waals surface area contributed by atoms with Crippen LogP contribution in [0, 0.1) is 5.92 Å². The zero-order valence-electron chi connectivity index (χ0n) is 12.5. The normalized spacial score (nSPS) is 12.2. The topological polar surface area (TPSA) is 79.3 Å². The number of carbonyl (C=O) groups is 2. The van der Waals surface area contributed by atoms with Gasteiger partial charge in [-0.3, -0.25) is 9.59 Å². The molecule has 1 aromatic rings. The number of nitrogens with one attached hydrogen (secondary N) is 1. The molecule has 0 saturated heterocycles. The number of aliphatic carboxylic acids is 1. The summed E-state index contributed by atoms with van der Waals surface area (Å²) in [5, 5.41) is 11.7. The van der Waals surface area contributed by atoms with Gasteiger partial charge in [0.15, 0.2) is 0 Å². The van der Waals surface area contributed by atoms with E-state index in [0.29, 0.717) is 23.7 Å². The Bertz CT molecular complexity index is 518. The minimum absolute atomic E-state index is 0.104. The number of hydrogen-bond acceptors (Lipinski definition) is 3. The molecule has 0 bridgehead atoms. The highest BCUT2D eigenvalue weighted by molar-refractivity contribution is 6.29. The van der Waals surface area contributed by atoms with Crippen LogP contribution in [0.3, 0.4) is 0 Å². The van der Waals surface area contributed by atoms with Crippen LogP contribution < -0.4 is 5.32 Å². The van der Waals surface area contributed by atoms with E-state index in [-0.39, 0.29) is 24.2 Å². The predicted molar refractivity (Wildman–Crippen MR) is 81.7 cm³/mol. The first-order chi connectivity index (χ1) is 9.79. The van der Waals surface area contributed by atoms with Crippen LogP contribution in [0.2, 0.25) is 5.15 Å². The number of pyridine rings is 1. The van der Waals surface area contributed by atoms with Gasteiger partial charge >= 0.3 is 5.97 Å². The summed E-state index contributed by atoms with van der Waals surface area (Å²) in [5.41, 5.74) is 1.25. The van der Waals surface area contributed by atoms with Crippen LogP contribution in [0.15, 0.2) is 12.1 Å². The third-order valence-electron chi connectivity index (χ3n) is 3.13. The van der Waals surface area contributed by atoms with Crippen molar-refractivity contribution in [2.45, 2.75) is 39.5 Å². The molecule has 1 rings (SSSR count). The van der Waals surface area contributed by atoms with Crippen molar-refractivity contribution in [1.29, 1.82) is 0 Å². The van der Waals surface area contributed by atoms with Crippen LogP contribution in [0.1, 0.15) is 55.6 Å². The highest BCUT2D eigenvalue weighted by Crippen LogP contribution is 2.17. The van der Waals surface area contributed by atoms with E-state index in [1.165, 1.54) is 6.07 Å². The number of amides is 1. The molecule has 6 heteroatoms. The standard InChI is InChI=1S/C15H21ClN2O3/c1-9(2)12-6-11(7-13(16)18-12)15(21)17-8-10(3)4-5-14(19)20/h6-7,9-10H,4-5,8H2,1-3H3,(H,17,21)(H,19,20). The Labute approximate surface area is 129 Å². The zero-order valence-corrected chi connectivity index (χ0v) is 13.3. The monoisotopic (exact) mass is 312 g/mol. The minimum Gasteiger partial charge on any atom is -0.481 e. The van der Waals surface area contributed by atoms with Gasteiger partial charge in [0, 0.05) is 24.2 Å². The van der Waals surface area contributed by atoms with E-state index in [9.17, 15) is 9.59 Å². The first-order valence-corrected chi connectivity index (χ1v) is 7.35. The van der Waals surface area contributed by atoms with E-state index in [0.717, 1.165) is 5.69 Å². The van der Waals surface area contributed by atoms with Gasteiger partial charge in [0.05, 0.1) is 0 Å². The molecule has 0 spiro atoms. The Morgan fingerprint density at radius 1 is 1.33 bits per heavy atom. The summed E-state index contributed by atoms with van der Waals surface area (Å²) in [6, 6.07) is 3.26. The van der Waals surface area contributed by atoms with Crippen molar-refractivity contribution in [3.8, 4) is 0 Å². The maximum atomic E-state index is 12.1. The first kappa shape index (κ1) is 17.4. The number of nitrogens with zero attached hydrogens (tertiary/aromatic N) is 1. The lowest BCUT2D eigenvalue weighted by Gasteiger charge is -2.12. The molecule has 1 unspecified atom stereocenters. The molecule has 0 fully saturated rings. The van der Waals surface area contributed by atoms with Crippen LogP contribution in [-0.2, 0) is 4.79 Å². The summed E-state index contributed by atoms with van der Waals surface area (Å²) >= 11 is 5.93. The fraction of sp³-hybridized carbons (Fsp3) is 0.533. The van der Waals surface area contributed by atoms with Crippen molar-refractivity contribution in [2.75, 3.05) is 6.54 Å². The van der Waals surface area contributed by atoms with Gasteiger partial charge in [-0.2, -0.15) is 0 Å². The second-order valence-electron chi connectivity index (χ2n) is 5.51. The molecule has 0 aliphatic carbocycles. The van der Waals surface area contributed by atoms with E-state index in [4.69, 9.17) is 16.7 Å². The van der Waals surface area contributed by atoms with Gasteiger partial charge in [-0.25, -0.2) is 4.98 Å². The number of halogens is 1. The maximum Gasteiger partial charge on any atom is 0.303 e. The van der Waals surface area contributed by atoms with Crippen molar-refractivity contribution in [3.05, 3.63) is 28.5 Å². The van der Waals surface area contributed by atoms with Gasteiger partial charge in [-0.05, 0) is 30.4 Å². The molecule has 116 valence electrons. The lowest BCUT2D eigenvalue weighted by molar-refractivity contribution is -0.137. The average molecular weight is 313 g/mol.